The van der Waals surface area contributed by atoms with Crippen LogP contribution < -0.4 is 0 Å². The molecule has 1 aromatic carbocycles. The first-order chi connectivity index (χ1) is 12.8. The van der Waals surface area contributed by atoms with Crippen LogP contribution in [0.5, 0.6) is 0 Å². The Hall–Kier alpha value is -0.780. The molecule has 0 N–H and O–H groups in total. The van der Waals surface area contributed by atoms with E-state index in [9.17, 15) is 0 Å². The van der Waals surface area contributed by atoms with Gasteiger partial charge in [-0.3, -0.25) is 0 Å². The highest BCUT2D eigenvalue weighted by Gasteiger charge is 2.23. The third-order valence-corrected chi connectivity index (χ3v) is 2.35. The summed E-state index contributed by atoms with van der Waals surface area (Å²) in [5, 5.41) is 0. The van der Waals surface area contributed by atoms with Gasteiger partial charge in [0.05, 0.1) is 0 Å². The molecule has 0 amide bonds. The predicted octanol–water partition coefficient (Wildman–Crippen LogP) is 5.23. The summed E-state index contributed by atoms with van der Waals surface area (Å²) in [5.41, 5.74) is -2.53. The van der Waals surface area contributed by atoms with Crippen molar-refractivity contribution in [3.8, 4) is 0 Å². The van der Waals surface area contributed by atoms with Crippen molar-refractivity contribution in [3.05, 3.63) is 34.9 Å². The molecule has 0 atom stereocenters. The summed E-state index contributed by atoms with van der Waals surface area (Å²) in [4.78, 5) is 0. The summed E-state index contributed by atoms with van der Waals surface area (Å²) in [5.74, 6) is -6.36. The fraction of sp³-hybridized carbons (Fsp3) is 0.625. The highest BCUT2D eigenvalue weighted by Crippen LogP contribution is 2.36. The van der Waals surface area contributed by atoms with Crippen molar-refractivity contribution in [3.63, 3.8) is 0 Å². The molecule has 1 aromatic rings. The molecule has 0 bridgehead atoms. The second kappa shape index (κ2) is 4.61. The lowest BCUT2D eigenvalue weighted by atomic mass is 9.75. The molecule has 16 heavy (non-hydrogen) atoms. The standard InChI is InChI=1S/C16H26/c1-11(2)13-9-8-10-14(12(3)4)15(13)16(5,6)7/h8-12H,1-7H3/i1D3,2D3,3D3,4D3,11D,12D. The van der Waals surface area contributed by atoms with Gasteiger partial charge in [-0.2, -0.15) is 0 Å². The quantitative estimate of drug-likeness (QED) is 0.655. The molecule has 0 saturated heterocycles. The Morgan fingerprint density at radius 1 is 1.00 bits per heavy atom. The van der Waals surface area contributed by atoms with E-state index in [1.54, 1.807) is 0 Å². The van der Waals surface area contributed by atoms with Crippen molar-refractivity contribution < 1.29 is 19.2 Å². The predicted molar refractivity (Wildman–Crippen MR) is 73.3 cm³/mol. The van der Waals surface area contributed by atoms with Gasteiger partial charge in [0.15, 0.2) is 0 Å². The summed E-state index contributed by atoms with van der Waals surface area (Å²) in [6, 6.07) is 3.26. The SMILES string of the molecule is [2H]C([2H])([2H])C([2H])(c1cccc(C([2H])(C([2H])([2H])[2H])C([2H])([2H])[2H])c1C(C)(C)C)C([2H])([2H])[2H]. The summed E-state index contributed by atoms with van der Waals surface area (Å²) in [6.45, 7) is -8.91. The molecule has 0 heterocycles. The fourth-order valence-corrected chi connectivity index (χ4v) is 1.78. The third-order valence-electron chi connectivity index (χ3n) is 2.35. The van der Waals surface area contributed by atoms with Gasteiger partial charge in [0, 0.05) is 19.2 Å². The first-order valence-corrected chi connectivity index (χ1v) is 4.99. The molecule has 0 fully saturated rings. The molecule has 0 aromatic heterocycles. The second-order valence-corrected chi connectivity index (χ2v) is 4.73. The molecule has 90 valence electrons. The summed E-state index contributed by atoms with van der Waals surface area (Å²) in [7, 11) is 0. The molecular weight excluding hydrogens is 192 g/mol. The van der Waals surface area contributed by atoms with Crippen molar-refractivity contribution in [1.29, 1.82) is 0 Å². The van der Waals surface area contributed by atoms with Crippen molar-refractivity contribution in [2.75, 3.05) is 0 Å². The molecular formula is C16H26. The molecule has 0 saturated carbocycles. The minimum Gasteiger partial charge on any atom is -0.0617 e. The highest BCUT2D eigenvalue weighted by atomic mass is 14.3. The summed E-state index contributed by atoms with van der Waals surface area (Å²) >= 11 is 0. The van der Waals surface area contributed by atoms with E-state index in [0.717, 1.165) is 18.2 Å². The van der Waals surface area contributed by atoms with E-state index in [4.69, 9.17) is 19.2 Å². The van der Waals surface area contributed by atoms with Crippen molar-refractivity contribution in [1.82, 2.24) is 0 Å². The van der Waals surface area contributed by atoms with Gasteiger partial charge in [-0.1, -0.05) is 66.4 Å². The smallest absolute Gasteiger partial charge is 0.0347 e. The normalized spacial score (nSPS) is 29.9. The lowest BCUT2D eigenvalue weighted by molar-refractivity contribution is 0.564. The van der Waals surface area contributed by atoms with Crippen molar-refractivity contribution in [2.24, 2.45) is 0 Å². The Morgan fingerprint density at radius 3 is 1.75 bits per heavy atom. The van der Waals surface area contributed by atoms with Crippen LogP contribution in [0, 0.1) is 0 Å². The van der Waals surface area contributed by atoms with E-state index < -0.39 is 55.7 Å². The zero-order valence-electron chi connectivity index (χ0n) is 23.7. The Balaban J connectivity index is 4.33. The lowest BCUT2D eigenvalue weighted by Gasteiger charge is -2.29. The number of hydrogen-bond donors (Lipinski definition) is 0. The van der Waals surface area contributed by atoms with E-state index in [1.165, 1.54) is 20.8 Å². The van der Waals surface area contributed by atoms with Crippen LogP contribution in [0.2, 0.25) is 0 Å². The maximum absolute atomic E-state index is 8.53. The number of benzene rings is 1. The molecule has 0 aliphatic rings. The van der Waals surface area contributed by atoms with Gasteiger partial charge >= 0.3 is 0 Å². The van der Waals surface area contributed by atoms with E-state index in [2.05, 4.69) is 0 Å². The molecule has 0 radical (unpaired) electrons. The Kier molecular flexibility index (Phi) is 1.04. The minimum absolute atomic E-state index is 0.255. The van der Waals surface area contributed by atoms with Gasteiger partial charge in [-0.05, 0) is 33.9 Å². The molecule has 0 spiro atoms. The van der Waals surface area contributed by atoms with Gasteiger partial charge in [-0.15, -0.1) is 0 Å². The van der Waals surface area contributed by atoms with Gasteiger partial charge < -0.3 is 0 Å². The monoisotopic (exact) mass is 232 g/mol. The lowest BCUT2D eigenvalue weighted by Crippen LogP contribution is -2.18. The van der Waals surface area contributed by atoms with Crippen LogP contribution in [-0.2, 0) is 5.41 Å². The molecule has 0 unspecified atom stereocenters. The van der Waals surface area contributed by atoms with Gasteiger partial charge in [0.25, 0.3) is 0 Å². The van der Waals surface area contributed by atoms with Crippen molar-refractivity contribution in [2.45, 2.75) is 65.4 Å². The molecule has 0 heteroatoms. The molecule has 0 aliphatic carbocycles. The Bertz CT molecular complexity index is 685. The Labute approximate surface area is 121 Å². The van der Waals surface area contributed by atoms with E-state index in [-0.39, 0.29) is 5.56 Å². The number of rotatable bonds is 2. The van der Waals surface area contributed by atoms with E-state index >= 15 is 0 Å². The Morgan fingerprint density at radius 2 is 1.44 bits per heavy atom. The average molecular weight is 232 g/mol. The van der Waals surface area contributed by atoms with E-state index in [0.29, 0.717) is 0 Å². The van der Waals surface area contributed by atoms with Gasteiger partial charge in [0.1, 0.15) is 0 Å². The van der Waals surface area contributed by atoms with Crippen molar-refractivity contribution >= 4 is 0 Å². The van der Waals surface area contributed by atoms with Crippen LogP contribution in [0.15, 0.2) is 18.2 Å². The average Bonchev–Trinajstić information content (AvgIpc) is 2.47. The van der Waals surface area contributed by atoms with Crippen LogP contribution in [0.4, 0.5) is 0 Å². The van der Waals surface area contributed by atoms with Crippen LogP contribution >= 0.6 is 0 Å². The first-order valence-electron chi connectivity index (χ1n) is 12.0. The van der Waals surface area contributed by atoms with Crippen LogP contribution in [0.1, 0.15) is 95.8 Å². The fourth-order valence-electron chi connectivity index (χ4n) is 1.78. The first kappa shape index (κ1) is 3.60. The van der Waals surface area contributed by atoms with Gasteiger partial charge in [-0.25, -0.2) is 0 Å². The zero-order chi connectivity index (χ0) is 24.4. The van der Waals surface area contributed by atoms with Crippen LogP contribution in [-0.4, -0.2) is 0 Å². The summed E-state index contributed by atoms with van der Waals surface area (Å²) in [6.07, 6.45) is 0. The van der Waals surface area contributed by atoms with Crippen LogP contribution in [0.25, 0.3) is 0 Å². The maximum Gasteiger partial charge on any atom is 0.0347 e. The van der Waals surface area contributed by atoms with Crippen LogP contribution in [0.3, 0.4) is 0 Å². The largest absolute Gasteiger partial charge is 0.0617 e. The second-order valence-electron chi connectivity index (χ2n) is 4.73. The number of hydrogen-bond acceptors (Lipinski definition) is 0. The summed E-state index contributed by atoms with van der Waals surface area (Å²) < 4.78 is 110. The minimum atomic E-state index is -3.36. The molecule has 0 aliphatic heterocycles. The topological polar surface area (TPSA) is 0 Å². The van der Waals surface area contributed by atoms with E-state index in [1.807, 2.05) is 0 Å². The maximum atomic E-state index is 8.53. The highest BCUT2D eigenvalue weighted by molar-refractivity contribution is 5.43. The molecule has 0 nitrogen and oxygen atoms in total. The van der Waals surface area contributed by atoms with Gasteiger partial charge in [0.2, 0.25) is 0 Å². The molecule has 1 rings (SSSR count). The third kappa shape index (κ3) is 2.66. The zero-order valence-corrected chi connectivity index (χ0v) is 9.73.